The Kier molecular flexibility index (Phi) is 15.5. The Labute approximate surface area is 414 Å². The van der Waals surface area contributed by atoms with Gasteiger partial charge in [-0.05, 0) is 48.5 Å². The van der Waals surface area contributed by atoms with Crippen LogP contribution in [0.5, 0.6) is 0 Å². The van der Waals surface area contributed by atoms with Crippen molar-refractivity contribution in [2.75, 3.05) is 0 Å². The smallest absolute Gasteiger partial charge is 0.287 e. The van der Waals surface area contributed by atoms with E-state index in [2.05, 4.69) is 0 Å². The minimum Gasteiger partial charge on any atom is -0.287 e. The molecule has 0 aliphatic rings. The van der Waals surface area contributed by atoms with Crippen molar-refractivity contribution in [1.82, 2.24) is 0 Å². The average molecular weight is 1130 g/mol. The molecule has 0 saturated carbocycles. The van der Waals surface area contributed by atoms with Crippen molar-refractivity contribution in [2.24, 2.45) is 0 Å². The van der Waals surface area contributed by atoms with Crippen LogP contribution in [0.3, 0.4) is 0 Å². The van der Waals surface area contributed by atoms with E-state index in [-0.39, 0.29) is 12.3 Å². The molecule has 0 atom stereocenters. The Morgan fingerprint density at radius 1 is 0.351 bits per heavy atom. The molecule has 1 heterocycles. The molecular weight excluding hydrogens is 1100 g/mol. The quantitative estimate of drug-likeness (QED) is 0.0674. The molecule has 0 fully saturated rings. The minimum absolute atomic E-state index is 0.106. The summed E-state index contributed by atoms with van der Waals surface area (Å²) in [6, 6.07) is 8.75. The normalized spacial score (nSPS) is 13.4. The number of ketones is 1. The molecular formula is C49H25BF25NO. The fraction of sp³-hybridized carbons (Fsp3) is 0.184. The largest absolute Gasteiger partial charge is 0.416 e. The number of carbonyl (C=O) groups is 1. The van der Waals surface area contributed by atoms with Crippen LogP contribution < -0.4 is 26.4 Å². The van der Waals surface area contributed by atoms with Crippen molar-refractivity contribution in [2.45, 2.75) is 56.0 Å². The summed E-state index contributed by atoms with van der Waals surface area (Å²) in [6.45, 7) is 0.199. The van der Waals surface area contributed by atoms with E-state index in [0.29, 0.717) is 5.56 Å². The standard InChI is InChI=1S/C32H12BF24.C17H13FNO/c34-25(35,36)13-1-14(26(37,38)39)6-21(5-13)33(22-7-15(27(40,41)42)2-16(8-22)28(43,44)45,23-9-17(29(46,47)48)3-18(10-23)30(49,50)51)24-11-19(31(52,53)54)4-20(12-24)32(55,56)57;18-15-8-3-6-14(11-15)17(20)12-19-10-4-7-13-5-1-2-9-16(13)19/h1-12H;1-11H,12H2/q-1;+1. The molecule has 2 nitrogen and oxygen atoms in total. The number of carbonyl (C=O) groups excluding carboxylic acids is 1. The molecule has 0 unspecified atom stereocenters. The van der Waals surface area contributed by atoms with Gasteiger partial charge < -0.3 is 0 Å². The number of rotatable bonds is 7. The van der Waals surface area contributed by atoms with Crippen LogP contribution in [0.1, 0.15) is 54.9 Å². The Morgan fingerprint density at radius 3 is 0.922 bits per heavy atom. The number of fused-ring (bicyclic) bond motifs is 1. The molecule has 7 rings (SSSR count). The maximum atomic E-state index is 14.2. The van der Waals surface area contributed by atoms with Crippen LogP contribution >= 0.6 is 0 Å². The Balaban J connectivity index is 0.000000397. The highest BCUT2D eigenvalue weighted by atomic mass is 19.4. The fourth-order valence-electron chi connectivity index (χ4n) is 8.34. The second-order valence-electron chi connectivity index (χ2n) is 16.9. The predicted molar refractivity (Wildman–Crippen MR) is 225 cm³/mol. The summed E-state index contributed by atoms with van der Waals surface area (Å²) in [5, 5.41) is 1.07. The first-order chi connectivity index (χ1) is 35.0. The molecule has 0 N–H and O–H groups in total. The molecule has 0 bridgehead atoms. The van der Waals surface area contributed by atoms with Crippen molar-refractivity contribution in [1.29, 1.82) is 0 Å². The molecule has 7 aromatic rings. The van der Waals surface area contributed by atoms with E-state index in [9.17, 15) is 115 Å². The number of aromatic nitrogens is 1. The van der Waals surface area contributed by atoms with Gasteiger partial charge in [-0.25, -0.2) is 4.39 Å². The van der Waals surface area contributed by atoms with E-state index in [1.54, 1.807) is 12.1 Å². The number of hydrogen-bond donors (Lipinski definition) is 0. The van der Waals surface area contributed by atoms with E-state index in [0.717, 1.165) is 10.9 Å². The van der Waals surface area contributed by atoms with Crippen molar-refractivity contribution in [3.8, 4) is 0 Å². The zero-order valence-corrected chi connectivity index (χ0v) is 37.4. The van der Waals surface area contributed by atoms with Gasteiger partial charge in [-0.1, -0.05) is 72.8 Å². The summed E-state index contributed by atoms with van der Waals surface area (Å²) in [5.41, 5.74) is -28.8. The first kappa shape index (κ1) is 59.0. The van der Waals surface area contributed by atoms with Gasteiger partial charge in [-0.3, -0.25) is 4.79 Å². The SMILES string of the molecule is FC(F)(F)c1cc([B-](c2cc(C(F)(F)F)cc(C(F)(F)F)c2)(c2cc(C(F)(F)F)cc(C(F)(F)F)c2)c2cc(C(F)(F)F)cc(C(F)(F)F)c2)cc(C(F)(F)F)c1.O=C(C[n+]1cccc2ccccc21)c1cccc(F)c1. The number of halogens is 25. The summed E-state index contributed by atoms with van der Waals surface area (Å²) in [4.78, 5) is 12.2. The van der Waals surface area contributed by atoms with Gasteiger partial charge in [-0.2, -0.15) is 132 Å². The van der Waals surface area contributed by atoms with Crippen LogP contribution in [0.2, 0.25) is 0 Å². The van der Waals surface area contributed by atoms with Crippen LogP contribution in [-0.2, 0) is 56.0 Å². The molecule has 0 spiro atoms. The maximum Gasteiger partial charge on any atom is 0.416 e. The number of pyridine rings is 1. The summed E-state index contributed by atoms with van der Waals surface area (Å²) >= 11 is 0. The van der Waals surface area contributed by atoms with Crippen LogP contribution in [0.15, 0.2) is 140 Å². The summed E-state index contributed by atoms with van der Waals surface area (Å²) in [7, 11) is 0. The third-order valence-electron chi connectivity index (χ3n) is 11.7. The summed E-state index contributed by atoms with van der Waals surface area (Å²) < 4.78 is 356. The maximum absolute atomic E-state index is 14.2. The van der Waals surface area contributed by atoms with E-state index < -0.39 is 201 Å². The van der Waals surface area contributed by atoms with Crippen LogP contribution in [0.4, 0.5) is 110 Å². The topological polar surface area (TPSA) is 20.9 Å². The molecule has 0 amide bonds. The zero-order valence-electron chi connectivity index (χ0n) is 37.4. The lowest BCUT2D eigenvalue weighted by atomic mass is 9.12. The molecule has 0 radical (unpaired) electrons. The molecule has 1 aromatic heterocycles. The van der Waals surface area contributed by atoms with Gasteiger partial charge in [0.25, 0.3) is 0 Å². The van der Waals surface area contributed by atoms with Gasteiger partial charge in [0.05, 0.1) is 44.5 Å². The summed E-state index contributed by atoms with van der Waals surface area (Å²) in [5.74, 6) is -0.496. The number of Topliss-reactive ketones (excluding diaryl/α,β-unsaturated/α-hetero) is 1. The van der Waals surface area contributed by atoms with Crippen LogP contribution in [0, 0.1) is 5.82 Å². The Hall–Kier alpha value is -7.29. The van der Waals surface area contributed by atoms with E-state index >= 15 is 0 Å². The number of para-hydroxylation sites is 1. The Morgan fingerprint density at radius 2 is 0.636 bits per heavy atom. The molecule has 6 aromatic carbocycles. The highest BCUT2D eigenvalue weighted by Gasteiger charge is 2.47. The number of benzene rings is 6. The first-order valence-electron chi connectivity index (χ1n) is 21.0. The second-order valence-corrected chi connectivity index (χ2v) is 16.9. The molecule has 77 heavy (non-hydrogen) atoms. The van der Waals surface area contributed by atoms with Crippen molar-refractivity contribution >= 4 is 44.7 Å². The van der Waals surface area contributed by atoms with Crippen molar-refractivity contribution in [3.63, 3.8) is 0 Å². The number of alkyl halides is 24. The number of hydrogen-bond acceptors (Lipinski definition) is 1. The van der Waals surface area contributed by atoms with Crippen LogP contribution in [0.25, 0.3) is 10.9 Å². The lowest BCUT2D eigenvalue weighted by molar-refractivity contribution is -0.657. The highest BCUT2D eigenvalue weighted by Crippen LogP contribution is 2.41. The summed E-state index contributed by atoms with van der Waals surface area (Å²) in [6.07, 6.45) is -52.9. The third kappa shape index (κ3) is 13.3. The van der Waals surface area contributed by atoms with Gasteiger partial charge in [0.1, 0.15) is 12.0 Å². The molecule has 28 heteroatoms. The predicted octanol–water partition coefficient (Wildman–Crippen LogP) is 14.4. The third-order valence-corrected chi connectivity index (χ3v) is 11.7. The lowest BCUT2D eigenvalue weighted by Crippen LogP contribution is -2.75. The van der Waals surface area contributed by atoms with Gasteiger partial charge in [0.15, 0.2) is 6.20 Å². The molecule has 0 aliphatic heterocycles. The van der Waals surface area contributed by atoms with Crippen molar-refractivity contribution < 1.29 is 119 Å². The van der Waals surface area contributed by atoms with Crippen molar-refractivity contribution in [3.05, 3.63) is 196 Å². The fourth-order valence-corrected chi connectivity index (χ4v) is 8.34. The van der Waals surface area contributed by atoms with Crippen LogP contribution in [-0.4, -0.2) is 11.9 Å². The molecule has 0 aliphatic carbocycles. The van der Waals surface area contributed by atoms with Gasteiger partial charge in [0, 0.05) is 23.1 Å². The van der Waals surface area contributed by atoms with Gasteiger partial charge >= 0.3 is 49.4 Å². The second kappa shape index (κ2) is 20.3. The molecule has 410 valence electrons. The Bertz CT molecular complexity index is 2880. The number of nitrogens with zero attached hydrogens (tertiary/aromatic N) is 1. The van der Waals surface area contributed by atoms with Gasteiger partial charge in [0.2, 0.25) is 17.8 Å². The van der Waals surface area contributed by atoms with E-state index in [1.165, 1.54) is 12.1 Å². The monoisotopic (exact) mass is 1130 g/mol. The first-order valence-corrected chi connectivity index (χ1v) is 21.0. The zero-order chi connectivity index (χ0) is 57.9. The highest BCUT2D eigenvalue weighted by molar-refractivity contribution is 7.20. The minimum atomic E-state index is -6.13. The average Bonchev–Trinajstić information content (AvgIpc) is 3.29. The van der Waals surface area contributed by atoms with E-state index in [4.69, 9.17) is 0 Å². The van der Waals surface area contributed by atoms with E-state index in [1.807, 2.05) is 47.2 Å². The van der Waals surface area contributed by atoms with Gasteiger partial charge in [-0.15, -0.1) is 0 Å². The molecule has 0 saturated heterocycles. The lowest BCUT2D eigenvalue weighted by Gasteiger charge is -2.46.